The molecule has 0 heterocycles. The number of phenolic OH excluding ortho intramolecular Hbond substituents is 1. The van der Waals surface area contributed by atoms with Gasteiger partial charge in [-0.2, -0.15) is 0 Å². The largest absolute Gasteiger partial charge is 0.508 e. The van der Waals surface area contributed by atoms with E-state index < -0.39 is 11.5 Å². The van der Waals surface area contributed by atoms with Gasteiger partial charge in [0.25, 0.3) is 0 Å². The average molecular weight is 294 g/mol. The first-order valence-electron chi connectivity index (χ1n) is 7.48. The van der Waals surface area contributed by atoms with Crippen LogP contribution in [0.1, 0.15) is 45.1 Å². The second-order valence-electron chi connectivity index (χ2n) is 5.74. The summed E-state index contributed by atoms with van der Waals surface area (Å²) >= 11 is 0. The molecule has 1 aromatic carbocycles. The number of hydrogen-bond donors (Lipinski definition) is 2. The molecular weight excluding hydrogens is 268 g/mol. The minimum atomic E-state index is -1.10. The van der Waals surface area contributed by atoms with E-state index in [1.54, 1.807) is 19.1 Å². The summed E-state index contributed by atoms with van der Waals surface area (Å²) in [5.41, 5.74) is -0.0765. The van der Waals surface area contributed by atoms with Crippen LogP contribution >= 0.6 is 0 Å². The molecule has 1 aromatic rings. The van der Waals surface area contributed by atoms with E-state index in [0.29, 0.717) is 19.3 Å². The predicted octanol–water partition coefficient (Wildman–Crippen LogP) is 3.06. The number of carbonyl (C=O) groups excluding carboxylic acids is 1. The Morgan fingerprint density at radius 1 is 1.33 bits per heavy atom. The zero-order valence-corrected chi connectivity index (χ0v) is 13.1. The molecule has 1 rings (SSSR count). The Morgan fingerprint density at radius 2 is 1.95 bits per heavy atom. The highest BCUT2D eigenvalue weighted by Crippen LogP contribution is 2.29. The number of aryl methyl sites for hydroxylation is 1. The number of aromatic hydroxyl groups is 1. The van der Waals surface area contributed by atoms with Gasteiger partial charge in [0.2, 0.25) is 0 Å². The van der Waals surface area contributed by atoms with Gasteiger partial charge in [0, 0.05) is 0 Å². The van der Waals surface area contributed by atoms with Crippen molar-refractivity contribution >= 4 is 5.97 Å². The molecule has 4 nitrogen and oxygen atoms in total. The third kappa shape index (κ3) is 5.38. The van der Waals surface area contributed by atoms with Gasteiger partial charge >= 0.3 is 5.97 Å². The third-order valence-electron chi connectivity index (χ3n) is 3.94. The second-order valence-corrected chi connectivity index (χ2v) is 5.74. The number of esters is 1. The van der Waals surface area contributed by atoms with Gasteiger partial charge < -0.3 is 14.9 Å². The molecule has 118 valence electrons. The zero-order chi connectivity index (χ0) is 15.9. The van der Waals surface area contributed by atoms with Crippen molar-refractivity contribution in [1.29, 1.82) is 0 Å². The van der Waals surface area contributed by atoms with Crippen molar-refractivity contribution in [3.05, 3.63) is 29.8 Å². The fourth-order valence-corrected chi connectivity index (χ4v) is 2.47. The van der Waals surface area contributed by atoms with Crippen LogP contribution in [0.5, 0.6) is 5.75 Å². The van der Waals surface area contributed by atoms with E-state index in [1.165, 1.54) is 7.11 Å². The van der Waals surface area contributed by atoms with Crippen LogP contribution in [0.15, 0.2) is 24.3 Å². The summed E-state index contributed by atoms with van der Waals surface area (Å²) < 4.78 is 4.83. The molecule has 4 heteroatoms. The van der Waals surface area contributed by atoms with Crippen LogP contribution in [0, 0.1) is 5.92 Å². The summed E-state index contributed by atoms with van der Waals surface area (Å²) in [4.78, 5) is 11.9. The van der Waals surface area contributed by atoms with Crippen molar-refractivity contribution in [2.24, 2.45) is 5.92 Å². The number of hydrogen-bond acceptors (Lipinski definition) is 4. The Kier molecular flexibility index (Phi) is 6.69. The zero-order valence-electron chi connectivity index (χ0n) is 13.1. The smallest absolute Gasteiger partial charge is 0.311 e. The Balaban J connectivity index is 2.70. The first-order chi connectivity index (χ1) is 9.90. The van der Waals surface area contributed by atoms with Crippen molar-refractivity contribution in [1.82, 2.24) is 0 Å². The summed E-state index contributed by atoms with van der Waals surface area (Å²) in [6, 6.07) is 6.90. The highest BCUT2D eigenvalue weighted by atomic mass is 16.5. The first kappa shape index (κ1) is 17.5. The van der Waals surface area contributed by atoms with Gasteiger partial charge in [-0.15, -0.1) is 0 Å². The summed E-state index contributed by atoms with van der Waals surface area (Å²) in [5.74, 6) is -0.625. The van der Waals surface area contributed by atoms with E-state index in [1.807, 2.05) is 12.1 Å². The van der Waals surface area contributed by atoms with Gasteiger partial charge in [-0.3, -0.25) is 4.79 Å². The maximum absolute atomic E-state index is 11.9. The highest BCUT2D eigenvalue weighted by molar-refractivity contribution is 5.73. The van der Waals surface area contributed by atoms with Crippen molar-refractivity contribution in [2.75, 3.05) is 7.11 Å². The third-order valence-corrected chi connectivity index (χ3v) is 3.94. The molecule has 0 fully saturated rings. The molecule has 0 bridgehead atoms. The van der Waals surface area contributed by atoms with E-state index in [2.05, 4.69) is 6.92 Å². The Morgan fingerprint density at radius 3 is 2.48 bits per heavy atom. The second kappa shape index (κ2) is 8.03. The van der Waals surface area contributed by atoms with Gasteiger partial charge in [-0.1, -0.05) is 31.9 Å². The highest BCUT2D eigenvalue weighted by Gasteiger charge is 2.37. The molecule has 2 atom stereocenters. The van der Waals surface area contributed by atoms with Crippen molar-refractivity contribution in [2.45, 2.75) is 51.6 Å². The maximum atomic E-state index is 11.9. The van der Waals surface area contributed by atoms with Crippen molar-refractivity contribution in [3.8, 4) is 5.75 Å². The van der Waals surface area contributed by atoms with Gasteiger partial charge in [0.1, 0.15) is 5.75 Å². The van der Waals surface area contributed by atoms with Gasteiger partial charge in [0.15, 0.2) is 0 Å². The Labute approximate surface area is 126 Å². The standard InChI is InChI=1S/C17H26O4/c1-4-5-6-15(16(19)21-3)17(2,20)12-11-13-7-9-14(18)10-8-13/h7-10,15,18,20H,4-6,11-12H2,1-3H3. The van der Waals surface area contributed by atoms with Crippen LogP contribution in [0.4, 0.5) is 0 Å². The monoisotopic (exact) mass is 294 g/mol. The molecule has 0 radical (unpaired) electrons. The lowest BCUT2D eigenvalue weighted by Gasteiger charge is -2.31. The van der Waals surface area contributed by atoms with Crippen molar-refractivity contribution < 1.29 is 19.7 Å². The number of unbranched alkanes of at least 4 members (excludes halogenated alkanes) is 1. The molecule has 2 unspecified atom stereocenters. The maximum Gasteiger partial charge on any atom is 0.311 e. The van der Waals surface area contributed by atoms with E-state index >= 15 is 0 Å². The number of ether oxygens (including phenoxy) is 1. The number of aliphatic hydroxyl groups is 1. The number of benzene rings is 1. The molecule has 0 aliphatic carbocycles. The lowest BCUT2D eigenvalue weighted by atomic mass is 9.81. The van der Waals surface area contributed by atoms with Crippen LogP contribution in [0.25, 0.3) is 0 Å². The number of rotatable bonds is 8. The first-order valence-corrected chi connectivity index (χ1v) is 7.48. The quantitative estimate of drug-likeness (QED) is 0.723. The summed E-state index contributed by atoms with van der Waals surface area (Å²) in [7, 11) is 1.36. The molecule has 0 spiro atoms. The minimum Gasteiger partial charge on any atom is -0.508 e. The predicted molar refractivity (Wildman–Crippen MR) is 82.1 cm³/mol. The van der Waals surface area contributed by atoms with E-state index in [9.17, 15) is 15.0 Å². The van der Waals surface area contributed by atoms with E-state index in [0.717, 1.165) is 18.4 Å². The fraction of sp³-hybridized carbons (Fsp3) is 0.588. The number of phenols is 1. The van der Waals surface area contributed by atoms with Crippen LogP contribution < -0.4 is 0 Å². The molecule has 0 saturated carbocycles. The summed E-state index contributed by atoms with van der Waals surface area (Å²) in [5, 5.41) is 19.9. The molecule has 0 aliphatic heterocycles. The van der Waals surface area contributed by atoms with Gasteiger partial charge in [-0.25, -0.2) is 0 Å². The van der Waals surface area contributed by atoms with Gasteiger partial charge in [0.05, 0.1) is 18.6 Å². The van der Waals surface area contributed by atoms with Crippen molar-refractivity contribution in [3.63, 3.8) is 0 Å². The fourth-order valence-electron chi connectivity index (χ4n) is 2.47. The summed E-state index contributed by atoms with van der Waals surface area (Å²) in [6.45, 7) is 3.75. The molecule has 21 heavy (non-hydrogen) atoms. The topological polar surface area (TPSA) is 66.8 Å². The lowest BCUT2D eigenvalue weighted by Crippen LogP contribution is -2.40. The van der Waals surface area contributed by atoms with E-state index in [-0.39, 0.29) is 11.7 Å². The Bertz CT molecular complexity index is 437. The molecule has 0 aliphatic rings. The molecular formula is C17H26O4. The van der Waals surface area contributed by atoms with E-state index in [4.69, 9.17) is 4.74 Å². The normalized spacial score (nSPS) is 15.2. The van der Waals surface area contributed by atoms with Crippen LogP contribution in [-0.4, -0.2) is 28.9 Å². The Hall–Kier alpha value is -1.55. The average Bonchev–Trinajstić information content (AvgIpc) is 2.46. The molecule has 0 amide bonds. The number of carbonyl (C=O) groups is 1. The number of methoxy groups -OCH3 is 1. The molecule has 0 aromatic heterocycles. The van der Waals surface area contributed by atoms with Crippen LogP contribution in [0.3, 0.4) is 0 Å². The molecule has 0 saturated heterocycles. The van der Waals surface area contributed by atoms with Gasteiger partial charge in [-0.05, 0) is 43.9 Å². The SMILES string of the molecule is CCCCC(C(=O)OC)C(C)(O)CCc1ccc(O)cc1. The van der Waals surface area contributed by atoms with Crippen LogP contribution in [0.2, 0.25) is 0 Å². The van der Waals surface area contributed by atoms with Crippen LogP contribution in [-0.2, 0) is 16.0 Å². The molecule has 2 N–H and O–H groups in total. The minimum absolute atomic E-state index is 0.223. The lowest BCUT2D eigenvalue weighted by molar-refractivity contribution is -0.155. The summed E-state index contributed by atoms with van der Waals surface area (Å²) in [6.07, 6.45) is 3.61.